The van der Waals surface area contributed by atoms with Crippen molar-refractivity contribution in [1.29, 1.82) is 0 Å². The lowest BCUT2D eigenvalue weighted by Gasteiger charge is -2.09. The first-order valence-corrected chi connectivity index (χ1v) is 8.95. The second-order valence-corrected chi connectivity index (χ2v) is 6.60. The van der Waals surface area contributed by atoms with Crippen molar-refractivity contribution < 1.29 is 0 Å². The van der Waals surface area contributed by atoms with E-state index in [1.54, 1.807) is 0 Å². The monoisotopic (exact) mass is 324 g/mol. The minimum atomic E-state index is 0.540. The molecule has 0 fully saturated rings. The van der Waals surface area contributed by atoms with Gasteiger partial charge < -0.3 is 0 Å². The Kier molecular flexibility index (Phi) is 10.2. The SMILES string of the molecule is CCCCCCCCCCCC(Br)c1ccccc1. The van der Waals surface area contributed by atoms with Crippen LogP contribution in [0.1, 0.15) is 81.5 Å². The normalized spacial score (nSPS) is 12.5. The molecule has 0 aliphatic rings. The van der Waals surface area contributed by atoms with Gasteiger partial charge in [0.2, 0.25) is 0 Å². The number of rotatable bonds is 11. The zero-order valence-electron chi connectivity index (χ0n) is 12.4. The van der Waals surface area contributed by atoms with Gasteiger partial charge in [0.05, 0.1) is 0 Å². The summed E-state index contributed by atoms with van der Waals surface area (Å²) in [5.74, 6) is 0. The van der Waals surface area contributed by atoms with Crippen LogP contribution in [0, 0.1) is 0 Å². The topological polar surface area (TPSA) is 0 Å². The maximum Gasteiger partial charge on any atom is 0.0395 e. The highest BCUT2D eigenvalue weighted by Gasteiger charge is 2.05. The highest BCUT2D eigenvalue weighted by Crippen LogP contribution is 2.28. The molecule has 108 valence electrons. The van der Waals surface area contributed by atoms with Crippen LogP contribution >= 0.6 is 15.9 Å². The van der Waals surface area contributed by atoms with Gasteiger partial charge in [-0.15, -0.1) is 0 Å². The summed E-state index contributed by atoms with van der Waals surface area (Å²) >= 11 is 3.80. The van der Waals surface area contributed by atoms with Gasteiger partial charge in [-0.25, -0.2) is 0 Å². The van der Waals surface area contributed by atoms with Crippen molar-refractivity contribution in [3.05, 3.63) is 35.9 Å². The quantitative estimate of drug-likeness (QED) is 0.302. The smallest absolute Gasteiger partial charge is 0.0395 e. The van der Waals surface area contributed by atoms with Crippen LogP contribution in [0.4, 0.5) is 0 Å². The minimum Gasteiger partial charge on any atom is -0.0839 e. The molecule has 0 N–H and O–H groups in total. The van der Waals surface area contributed by atoms with Gasteiger partial charge in [0.15, 0.2) is 0 Å². The minimum absolute atomic E-state index is 0.540. The maximum atomic E-state index is 3.80. The van der Waals surface area contributed by atoms with E-state index in [1.165, 1.54) is 69.8 Å². The molecular weight excluding hydrogens is 296 g/mol. The summed E-state index contributed by atoms with van der Waals surface area (Å²) in [7, 11) is 0. The summed E-state index contributed by atoms with van der Waals surface area (Å²) in [4.78, 5) is 0.540. The van der Waals surface area contributed by atoms with Gasteiger partial charge in [0.1, 0.15) is 0 Å². The molecule has 0 radical (unpaired) electrons. The van der Waals surface area contributed by atoms with E-state index in [1.807, 2.05) is 0 Å². The highest BCUT2D eigenvalue weighted by molar-refractivity contribution is 9.09. The molecule has 1 atom stereocenters. The summed E-state index contributed by atoms with van der Waals surface area (Å²) in [5.41, 5.74) is 1.42. The average Bonchev–Trinajstić information content (AvgIpc) is 2.46. The van der Waals surface area contributed by atoms with Gasteiger partial charge in [0, 0.05) is 4.83 Å². The van der Waals surface area contributed by atoms with Crippen molar-refractivity contribution >= 4 is 15.9 Å². The van der Waals surface area contributed by atoms with E-state index in [0.717, 1.165) is 0 Å². The number of alkyl halides is 1. The lowest BCUT2D eigenvalue weighted by Crippen LogP contribution is -1.90. The van der Waals surface area contributed by atoms with Gasteiger partial charge in [-0.05, 0) is 12.0 Å². The van der Waals surface area contributed by atoms with E-state index < -0.39 is 0 Å². The van der Waals surface area contributed by atoms with Crippen LogP contribution in [-0.2, 0) is 0 Å². The fourth-order valence-corrected chi connectivity index (χ4v) is 3.09. The molecule has 0 nitrogen and oxygen atoms in total. The van der Waals surface area contributed by atoms with Crippen LogP contribution in [0.2, 0.25) is 0 Å². The third-order valence-corrected chi connectivity index (χ3v) is 4.71. The number of unbranched alkanes of at least 4 members (excludes halogenated alkanes) is 8. The largest absolute Gasteiger partial charge is 0.0839 e. The van der Waals surface area contributed by atoms with Crippen LogP contribution in [0.25, 0.3) is 0 Å². The predicted octanol–water partition coefficient (Wildman–Crippen LogP) is 7.04. The predicted molar refractivity (Wildman–Crippen MR) is 90.0 cm³/mol. The Balaban J connectivity index is 1.93. The summed E-state index contributed by atoms with van der Waals surface area (Å²) in [5, 5.41) is 0. The standard InChI is InChI=1S/C18H29Br/c1-2-3-4-5-6-7-8-9-13-16-18(19)17-14-11-10-12-15-17/h10-12,14-15,18H,2-9,13,16H2,1H3. The molecule has 0 aromatic heterocycles. The molecule has 0 amide bonds. The first kappa shape index (κ1) is 16.8. The molecule has 1 aromatic carbocycles. The second-order valence-electron chi connectivity index (χ2n) is 5.50. The Hall–Kier alpha value is -0.300. The maximum absolute atomic E-state index is 3.80. The summed E-state index contributed by atoms with van der Waals surface area (Å²) < 4.78 is 0. The van der Waals surface area contributed by atoms with E-state index in [9.17, 15) is 0 Å². The van der Waals surface area contributed by atoms with Gasteiger partial charge in [0.25, 0.3) is 0 Å². The molecule has 1 aromatic rings. The van der Waals surface area contributed by atoms with Gasteiger partial charge in [-0.1, -0.05) is 111 Å². The van der Waals surface area contributed by atoms with E-state index in [0.29, 0.717) is 4.83 Å². The molecule has 19 heavy (non-hydrogen) atoms. The molecule has 1 rings (SSSR count). The lowest BCUT2D eigenvalue weighted by atomic mass is 10.0. The highest BCUT2D eigenvalue weighted by atomic mass is 79.9. The van der Waals surface area contributed by atoms with Crippen molar-refractivity contribution in [2.24, 2.45) is 0 Å². The molecule has 1 unspecified atom stereocenters. The Morgan fingerprint density at radius 2 is 1.32 bits per heavy atom. The van der Waals surface area contributed by atoms with Gasteiger partial charge in [-0.2, -0.15) is 0 Å². The molecular formula is C18H29Br. The molecule has 0 saturated carbocycles. The Morgan fingerprint density at radius 3 is 1.89 bits per heavy atom. The third kappa shape index (κ3) is 8.47. The number of benzene rings is 1. The van der Waals surface area contributed by atoms with Crippen LogP contribution in [0.5, 0.6) is 0 Å². The number of hydrogen-bond acceptors (Lipinski definition) is 0. The van der Waals surface area contributed by atoms with Crippen LogP contribution in [0.3, 0.4) is 0 Å². The molecule has 0 aliphatic heterocycles. The Labute approximate surface area is 128 Å². The molecule has 0 heterocycles. The van der Waals surface area contributed by atoms with Crippen molar-refractivity contribution in [1.82, 2.24) is 0 Å². The zero-order chi connectivity index (χ0) is 13.8. The van der Waals surface area contributed by atoms with E-state index in [2.05, 4.69) is 53.2 Å². The van der Waals surface area contributed by atoms with Crippen molar-refractivity contribution in [2.75, 3.05) is 0 Å². The van der Waals surface area contributed by atoms with Gasteiger partial charge >= 0.3 is 0 Å². The summed E-state index contributed by atoms with van der Waals surface area (Å²) in [6.45, 7) is 2.28. The molecule has 0 saturated heterocycles. The lowest BCUT2D eigenvalue weighted by molar-refractivity contribution is 0.556. The second kappa shape index (κ2) is 11.5. The van der Waals surface area contributed by atoms with E-state index >= 15 is 0 Å². The third-order valence-electron chi connectivity index (χ3n) is 3.72. The fourth-order valence-electron chi connectivity index (χ4n) is 2.46. The number of hydrogen-bond donors (Lipinski definition) is 0. The number of halogens is 1. The van der Waals surface area contributed by atoms with Crippen LogP contribution in [-0.4, -0.2) is 0 Å². The Bertz CT molecular complexity index is 294. The fraction of sp³-hybridized carbons (Fsp3) is 0.667. The summed E-state index contributed by atoms with van der Waals surface area (Å²) in [6, 6.07) is 10.8. The zero-order valence-corrected chi connectivity index (χ0v) is 14.0. The van der Waals surface area contributed by atoms with E-state index in [4.69, 9.17) is 0 Å². The van der Waals surface area contributed by atoms with Crippen molar-refractivity contribution in [2.45, 2.75) is 76.0 Å². The summed E-state index contributed by atoms with van der Waals surface area (Å²) in [6.07, 6.45) is 13.9. The average molecular weight is 325 g/mol. The van der Waals surface area contributed by atoms with Crippen molar-refractivity contribution in [3.63, 3.8) is 0 Å². The Morgan fingerprint density at radius 1 is 0.789 bits per heavy atom. The van der Waals surface area contributed by atoms with Gasteiger partial charge in [-0.3, -0.25) is 0 Å². The van der Waals surface area contributed by atoms with Crippen molar-refractivity contribution in [3.8, 4) is 0 Å². The molecule has 0 aliphatic carbocycles. The first-order valence-electron chi connectivity index (χ1n) is 8.03. The van der Waals surface area contributed by atoms with Crippen LogP contribution in [0.15, 0.2) is 30.3 Å². The molecule has 0 bridgehead atoms. The van der Waals surface area contributed by atoms with E-state index in [-0.39, 0.29) is 0 Å². The molecule has 1 heteroatoms. The first-order chi connectivity index (χ1) is 9.34. The van der Waals surface area contributed by atoms with Crippen LogP contribution < -0.4 is 0 Å². The molecule has 0 spiro atoms.